The average molecular weight is 971 g/mol. The van der Waals surface area contributed by atoms with E-state index >= 15 is 0 Å². The van der Waals surface area contributed by atoms with Crippen molar-refractivity contribution in [3.63, 3.8) is 0 Å². The molecule has 3 N–H and O–H groups in total. The van der Waals surface area contributed by atoms with E-state index in [-0.39, 0.29) is 18.5 Å². The summed E-state index contributed by atoms with van der Waals surface area (Å²) in [5, 5.41) is 23.1. The molecule has 0 spiro atoms. The summed E-state index contributed by atoms with van der Waals surface area (Å²) >= 11 is 0. The SMILES string of the molecule is CCCCCCCCC/C=C\CCCCCCCCCC(=O)OCCCCCCCCC/C=C\CCCCCCCC(=O)NC(CO)C(O)/C=C/CCCCCCCCCCCCCCCCCC. The van der Waals surface area contributed by atoms with E-state index in [1.54, 1.807) is 6.08 Å². The lowest BCUT2D eigenvalue weighted by molar-refractivity contribution is -0.143. The Labute approximate surface area is 430 Å². The summed E-state index contributed by atoms with van der Waals surface area (Å²) in [6.07, 6.45) is 73.1. The van der Waals surface area contributed by atoms with Gasteiger partial charge in [-0.25, -0.2) is 0 Å². The number of carbonyl (C=O) groups excluding carboxylic acids is 2. The Kier molecular flexibility index (Phi) is 57.0. The molecule has 0 heterocycles. The molecule has 2 atom stereocenters. The molecule has 0 saturated heterocycles. The van der Waals surface area contributed by atoms with E-state index in [0.717, 1.165) is 64.2 Å². The van der Waals surface area contributed by atoms with Gasteiger partial charge in [0.05, 0.1) is 25.4 Å². The molecule has 69 heavy (non-hydrogen) atoms. The van der Waals surface area contributed by atoms with E-state index in [2.05, 4.69) is 43.5 Å². The summed E-state index contributed by atoms with van der Waals surface area (Å²) < 4.78 is 5.48. The van der Waals surface area contributed by atoms with Crippen LogP contribution in [0.25, 0.3) is 0 Å². The number of amides is 1. The van der Waals surface area contributed by atoms with Crippen molar-refractivity contribution >= 4 is 11.9 Å². The monoisotopic (exact) mass is 970 g/mol. The van der Waals surface area contributed by atoms with Crippen LogP contribution in [0.4, 0.5) is 0 Å². The van der Waals surface area contributed by atoms with Gasteiger partial charge in [0.15, 0.2) is 0 Å². The van der Waals surface area contributed by atoms with Crippen LogP contribution >= 0.6 is 0 Å². The third-order valence-corrected chi connectivity index (χ3v) is 14.1. The number of carbonyl (C=O) groups is 2. The summed E-state index contributed by atoms with van der Waals surface area (Å²) in [7, 11) is 0. The topological polar surface area (TPSA) is 95.9 Å². The highest BCUT2D eigenvalue weighted by molar-refractivity contribution is 5.76. The van der Waals surface area contributed by atoms with Crippen LogP contribution in [0.5, 0.6) is 0 Å². The fourth-order valence-electron chi connectivity index (χ4n) is 9.39. The molecule has 0 bridgehead atoms. The van der Waals surface area contributed by atoms with Crippen molar-refractivity contribution in [3.05, 3.63) is 36.5 Å². The molecular formula is C63H119NO5. The standard InChI is InChI=1S/C63H119NO5/c1-3-5-7-9-11-13-15-17-19-21-23-27-31-35-39-43-47-51-55-61(66)60(59-65)64-62(67)56-52-48-44-40-36-32-28-25-26-30-34-38-42-46-50-54-58-69-63(68)57-53-49-45-41-37-33-29-24-22-20-18-16-14-12-10-8-6-4-2/h20,22,25,28,51,55,60-61,65-66H,3-19,21,23-24,26-27,29-50,52-54,56-59H2,1-2H3,(H,64,67)/b22-20-,28-25-,55-51+. The zero-order valence-corrected chi connectivity index (χ0v) is 46.3. The summed E-state index contributed by atoms with van der Waals surface area (Å²) in [6.45, 7) is 4.89. The smallest absolute Gasteiger partial charge is 0.305 e. The molecule has 6 heteroatoms. The maximum atomic E-state index is 12.5. The van der Waals surface area contributed by atoms with Crippen LogP contribution < -0.4 is 5.32 Å². The van der Waals surface area contributed by atoms with Crippen molar-refractivity contribution in [2.75, 3.05) is 13.2 Å². The summed E-state index contributed by atoms with van der Waals surface area (Å²) in [5.74, 6) is -0.0900. The molecule has 0 aromatic rings. The van der Waals surface area contributed by atoms with Gasteiger partial charge in [-0.05, 0) is 83.5 Å². The molecule has 406 valence electrons. The van der Waals surface area contributed by atoms with Crippen LogP contribution in [0.3, 0.4) is 0 Å². The number of rotatable bonds is 57. The van der Waals surface area contributed by atoms with Crippen molar-refractivity contribution in [3.8, 4) is 0 Å². The maximum Gasteiger partial charge on any atom is 0.305 e. The molecule has 0 rings (SSSR count). The molecule has 2 unspecified atom stereocenters. The van der Waals surface area contributed by atoms with Gasteiger partial charge in [0.2, 0.25) is 5.91 Å². The summed E-state index contributed by atoms with van der Waals surface area (Å²) in [4.78, 5) is 24.6. The zero-order valence-electron chi connectivity index (χ0n) is 46.3. The minimum absolute atomic E-state index is 0.00659. The molecule has 0 saturated carbocycles. The highest BCUT2D eigenvalue weighted by Gasteiger charge is 2.18. The number of ether oxygens (including phenoxy) is 1. The van der Waals surface area contributed by atoms with Gasteiger partial charge in [-0.1, -0.05) is 269 Å². The molecular weight excluding hydrogens is 851 g/mol. The normalized spacial score (nSPS) is 12.8. The van der Waals surface area contributed by atoms with Crippen LogP contribution in [0, 0.1) is 0 Å². The molecule has 0 aliphatic carbocycles. The van der Waals surface area contributed by atoms with Crippen LogP contribution in [-0.2, 0) is 14.3 Å². The first-order chi connectivity index (χ1) is 34.0. The van der Waals surface area contributed by atoms with E-state index in [1.165, 1.54) is 238 Å². The molecule has 0 aromatic carbocycles. The molecule has 0 fully saturated rings. The van der Waals surface area contributed by atoms with Gasteiger partial charge in [-0.15, -0.1) is 0 Å². The van der Waals surface area contributed by atoms with Crippen LogP contribution in [0.15, 0.2) is 36.5 Å². The highest BCUT2D eigenvalue weighted by atomic mass is 16.5. The first-order valence-electron chi connectivity index (χ1n) is 30.8. The minimum atomic E-state index is -0.856. The Hall–Kier alpha value is -1.92. The lowest BCUT2D eigenvalue weighted by atomic mass is 10.0. The number of hydrogen-bond donors (Lipinski definition) is 3. The lowest BCUT2D eigenvalue weighted by Crippen LogP contribution is -2.45. The number of unbranched alkanes of at least 4 members (excludes halogenated alkanes) is 42. The lowest BCUT2D eigenvalue weighted by Gasteiger charge is -2.20. The maximum absolute atomic E-state index is 12.5. The van der Waals surface area contributed by atoms with Crippen molar-refractivity contribution in [1.29, 1.82) is 0 Å². The third-order valence-electron chi connectivity index (χ3n) is 14.1. The second kappa shape index (κ2) is 58.6. The van der Waals surface area contributed by atoms with E-state index in [4.69, 9.17) is 4.74 Å². The first kappa shape index (κ1) is 67.1. The van der Waals surface area contributed by atoms with Crippen LogP contribution in [-0.4, -0.2) is 47.4 Å². The van der Waals surface area contributed by atoms with Crippen LogP contribution in [0.1, 0.15) is 328 Å². The van der Waals surface area contributed by atoms with Gasteiger partial charge in [0.25, 0.3) is 0 Å². The molecule has 6 nitrogen and oxygen atoms in total. The second-order valence-corrected chi connectivity index (χ2v) is 21.0. The predicted octanol–water partition coefficient (Wildman–Crippen LogP) is 19.2. The van der Waals surface area contributed by atoms with Gasteiger partial charge in [-0.3, -0.25) is 9.59 Å². The Morgan fingerprint density at radius 3 is 1.03 bits per heavy atom. The zero-order chi connectivity index (χ0) is 50.0. The fourth-order valence-corrected chi connectivity index (χ4v) is 9.39. The van der Waals surface area contributed by atoms with Gasteiger partial charge < -0.3 is 20.3 Å². The summed E-state index contributed by atoms with van der Waals surface area (Å²) in [6, 6.07) is -0.641. The molecule has 0 aliphatic rings. The number of aliphatic hydroxyl groups excluding tert-OH is 2. The van der Waals surface area contributed by atoms with Crippen molar-refractivity contribution < 1.29 is 24.5 Å². The predicted molar refractivity (Wildman–Crippen MR) is 301 cm³/mol. The largest absolute Gasteiger partial charge is 0.466 e. The Morgan fingerprint density at radius 1 is 0.391 bits per heavy atom. The highest BCUT2D eigenvalue weighted by Crippen LogP contribution is 2.17. The van der Waals surface area contributed by atoms with E-state index in [0.29, 0.717) is 19.4 Å². The third kappa shape index (κ3) is 55.2. The van der Waals surface area contributed by atoms with Gasteiger partial charge >= 0.3 is 5.97 Å². The number of allylic oxidation sites excluding steroid dienone is 5. The van der Waals surface area contributed by atoms with E-state index < -0.39 is 12.1 Å². The number of nitrogens with one attached hydrogen (secondary N) is 1. The molecule has 0 aromatic heterocycles. The van der Waals surface area contributed by atoms with Crippen LogP contribution in [0.2, 0.25) is 0 Å². The summed E-state index contributed by atoms with van der Waals surface area (Å²) in [5.41, 5.74) is 0. The number of aliphatic hydroxyl groups is 2. The Bertz CT molecular complexity index is 1120. The minimum Gasteiger partial charge on any atom is -0.466 e. The molecule has 1 amide bonds. The average Bonchev–Trinajstić information content (AvgIpc) is 3.35. The first-order valence-corrected chi connectivity index (χ1v) is 30.8. The van der Waals surface area contributed by atoms with E-state index in [1.807, 2.05) is 6.08 Å². The fraction of sp³-hybridized carbons (Fsp3) is 0.873. The number of hydrogen-bond acceptors (Lipinski definition) is 5. The van der Waals surface area contributed by atoms with Crippen molar-refractivity contribution in [1.82, 2.24) is 5.32 Å². The molecule has 0 radical (unpaired) electrons. The van der Waals surface area contributed by atoms with Crippen molar-refractivity contribution in [2.24, 2.45) is 0 Å². The van der Waals surface area contributed by atoms with E-state index in [9.17, 15) is 19.8 Å². The Morgan fingerprint density at radius 2 is 0.681 bits per heavy atom. The quantitative estimate of drug-likeness (QED) is 0.0321. The molecule has 0 aliphatic heterocycles. The van der Waals surface area contributed by atoms with Gasteiger partial charge in [0, 0.05) is 12.8 Å². The number of esters is 1. The van der Waals surface area contributed by atoms with Gasteiger partial charge in [0.1, 0.15) is 0 Å². The second-order valence-electron chi connectivity index (χ2n) is 21.0. The van der Waals surface area contributed by atoms with Gasteiger partial charge in [-0.2, -0.15) is 0 Å². The van der Waals surface area contributed by atoms with Crippen molar-refractivity contribution in [2.45, 2.75) is 341 Å². The Balaban J connectivity index is 3.48.